The molecule has 1 amide bonds. The fourth-order valence-electron chi connectivity index (χ4n) is 3.93. The molecule has 2 aromatic heterocycles. The second kappa shape index (κ2) is 10.6. The molecule has 0 saturated carbocycles. The maximum Gasteiger partial charge on any atom is 0.451 e. The third-order valence-corrected chi connectivity index (χ3v) is 7.67. The Balaban J connectivity index is 1.51. The van der Waals surface area contributed by atoms with Gasteiger partial charge in [-0.05, 0) is 43.2 Å². The molecule has 0 radical (unpaired) electrons. The predicted octanol–water partition coefficient (Wildman–Crippen LogP) is 3.19. The van der Waals surface area contributed by atoms with Crippen molar-refractivity contribution >= 4 is 15.9 Å². The minimum atomic E-state index is -4.72. The Labute approximate surface area is 212 Å². The first-order valence-corrected chi connectivity index (χ1v) is 12.4. The van der Waals surface area contributed by atoms with E-state index in [4.69, 9.17) is 0 Å². The molecule has 0 unspecified atom stereocenters. The molecular formula is C22H18F6N6O3S. The van der Waals surface area contributed by atoms with E-state index in [-0.39, 0.29) is 36.3 Å². The van der Waals surface area contributed by atoms with Gasteiger partial charge in [0.25, 0.3) is 6.43 Å². The van der Waals surface area contributed by atoms with Gasteiger partial charge in [-0.15, -0.1) is 0 Å². The van der Waals surface area contributed by atoms with Gasteiger partial charge in [0.05, 0.1) is 28.9 Å². The summed E-state index contributed by atoms with van der Waals surface area (Å²) >= 11 is 0. The first-order chi connectivity index (χ1) is 17.9. The summed E-state index contributed by atoms with van der Waals surface area (Å²) in [5, 5.41) is 2.45. The molecule has 16 heteroatoms. The number of hydrogen-bond donors (Lipinski definition) is 1. The average molecular weight is 560 g/mol. The second-order valence-electron chi connectivity index (χ2n) is 8.19. The molecule has 1 aliphatic heterocycles. The lowest BCUT2D eigenvalue weighted by atomic mass is 10.2. The number of nitrogens with zero attached hydrogens (tertiary/aromatic N) is 5. The average Bonchev–Trinajstić information content (AvgIpc) is 3.34. The molecular weight excluding hydrogens is 542 g/mol. The van der Waals surface area contributed by atoms with E-state index >= 15 is 0 Å². The number of aromatic nitrogens is 4. The first-order valence-electron chi connectivity index (χ1n) is 10.9. The number of alkyl halides is 5. The molecule has 3 heterocycles. The van der Waals surface area contributed by atoms with E-state index in [1.807, 2.05) is 0 Å². The lowest BCUT2D eigenvalue weighted by Gasteiger charge is -2.28. The van der Waals surface area contributed by atoms with E-state index in [0.29, 0.717) is 4.31 Å². The van der Waals surface area contributed by atoms with Gasteiger partial charge in [0.2, 0.25) is 21.8 Å². The molecule has 0 aliphatic carbocycles. The van der Waals surface area contributed by atoms with E-state index in [1.165, 1.54) is 6.07 Å². The molecule has 38 heavy (non-hydrogen) atoms. The number of rotatable bonds is 7. The minimum Gasteiger partial charge on any atom is -0.349 e. The van der Waals surface area contributed by atoms with E-state index in [0.717, 1.165) is 43.0 Å². The molecule has 1 aliphatic rings. The van der Waals surface area contributed by atoms with Crippen LogP contribution in [0.5, 0.6) is 0 Å². The number of halogens is 6. The van der Waals surface area contributed by atoms with Gasteiger partial charge < -0.3 is 5.32 Å². The van der Waals surface area contributed by atoms with Gasteiger partial charge in [0.1, 0.15) is 18.2 Å². The molecule has 0 bridgehead atoms. The van der Waals surface area contributed by atoms with Gasteiger partial charge >= 0.3 is 6.18 Å². The topological polar surface area (TPSA) is 118 Å². The van der Waals surface area contributed by atoms with Gasteiger partial charge in [-0.2, -0.15) is 17.5 Å². The zero-order valence-corrected chi connectivity index (χ0v) is 19.9. The minimum absolute atomic E-state index is 0.139. The van der Waals surface area contributed by atoms with Crippen LogP contribution in [-0.4, -0.2) is 57.1 Å². The number of carbonyl (C=O) groups excluding carboxylic acids is 1. The number of benzene rings is 1. The van der Waals surface area contributed by atoms with Crippen LogP contribution >= 0.6 is 0 Å². The van der Waals surface area contributed by atoms with Crippen LogP contribution in [0, 0.1) is 5.82 Å². The largest absolute Gasteiger partial charge is 0.451 e. The van der Waals surface area contributed by atoms with Crippen LogP contribution in [0.3, 0.4) is 0 Å². The quantitative estimate of drug-likeness (QED) is 0.441. The Morgan fingerprint density at radius 2 is 1.71 bits per heavy atom. The van der Waals surface area contributed by atoms with Crippen LogP contribution in [0.15, 0.2) is 53.9 Å². The van der Waals surface area contributed by atoms with Gasteiger partial charge in [-0.3, -0.25) is 4.79 Å². The third-order valence-electron chi connectivity index (χ3n) is 5.72. The highest BCUT2D eigenvalue weighted by Crippen LogP contribution is 2.34. The zero-order valence-electron chi connectivity index (χ0n) is 19.1. The zero-order chi connectivity index (χ0) is 27.7. The van der Waals surface area contributed by atoms with Crippen LogP contribution in [0.25, 0.3) is 11.3 Å². The summed E-state index contributed by atoms with van der Waals surface area (Å²) < 4.78 is 105. The molecule has 9 nitrogen and oxygen atoms in total. The van der Waals surface area contributed by atoms with E-state index in [9.17, 15) is 39.6 Å². The van der Waals surface area contributed by atoms with Crippen molar-refractivity contribution in [3.8, 4) is 11.3 Å². The van der Waals surface area contributed by atoms with Crippen LogP contribution in [0.2, 0.25) is 0 Å². The number of hydrogen-bond acceptors (Lipinski definition) is 7. The van der Waals surface area contributed by atoms with Crippen molar-refractivity contribution in [3.05, 3.63) is 66.4 Å². The van der Waals surface area contributed by atoms with E-state index < -0.39 is 57.2 Å². The standard InChI is InChI=1S/C22H18F6N6O3S/c23-13-1-3-15(4-2-13)38(36,37)34-17(19(24)25)5-6-18(34)20(35)29-10-14-7-16(33-11-32-14)12-8-30-21(31-9-12)22(26,27)28/h1-4,7-9,11,17-19H,5-6,10H2,(H,29,35)/t17-,18+/m0/s1. The van der Waals surface area contributed by atoms with E-state index in [1.54, 1.807) is 0 Å². The van der Waals surface area contributed by atoms with Crippen molar-refractivity contribution in [2.45, 2.75) is 49.0 Å². The van der Waals surface area contributed by atoms with Crippen molar-refractivity contribution in [2.24, 2.45) is 0 Å². The lowest BCUT2D eigenvalue weighted by Crippen LogP contribution is -2.50. The smallest absolute Gasteiger partial charge is 0.349 e. The van der Waals surface area contributed by atoms with Gasteiger partial charge in [0.15, 0.2) is 0 Å². The highest BCUT2D eigenvalue weighted by molar-refractivity contribution is 7.89. The summed E-state index contributed by atoms with van der Waals surface area (Å²) in [4.78, 5) is 26.9. The number of carbonyl (C=O) groups is 1. The molecule has 1 aromatic carbocycles. The fourth-order valence-corrected chi connectivity index (χ4v) is 5.74. The lowest BCUT2D eigenvalue weighted by molar-refractivity contribution is -0.145. The monoisotopic (exact) mass is 560 g/mol. The summed E-state index contributed by atoms with van der Waals surface area (Å²) in [6.07, 6.45) is -5.33. The first kappa shape index (κ1) is 27.4. The summed E-state index contributed by atoms with van der Waals surface area (Å²) in [5.74, 6) is -2.92. The number of sulfonamides is 1. The molecule has 2 atom stereocenters. The van der Waals surface area contributed by atoms with Crippen molar-refractivity contribution in [1.29, 1.82) is 0 Å². The maximum absolute atomic E-state index is 13.7. The molecule has 0 spiro atoms. The van der Waals surface area contributed by atoms with Crippen molar-refractivity contribution < 1.29 is 39.6 Å². The van der Waals surface area contributed by atoms with Crippen LogP contribution in [-0.2, 0) is 27.5 Å². The highest BCUT2D eigenvalue weighted by atomic mass is 32.2. The van der Waals surface area contributed by atoms with Gasteiger partial charge in [-0.1, -0.05) is 0 Å². The Morgan fingerprint density at radius 1 is 1.05 bits per heavy atom. The highest BCUT2D eigenvalue weighted by Gasteiger charge is 2.49. The SMILES string of the molecule is O=C(NCc1cc(-c2cnc(C(F)(F)F)nc2)ncn1)[C@H]1CC[C@@H](C(F)F)N1S(=O)(=O)c1ccc(F)cc1. The van der Waals surface area contributed by atoms with Crippen LogP contribution in [0.4, 0.5) is 26.3 Å². The molecule has 202 valence electrons. The Bertz CT molecular complexity index is 1400. The Kier molecular flexibility index (Phi) is 7.64. The third kappa shape index (κ3) is 5.75. The molecule has 1 saturated heterocycles. The van der Waals surface area contributed by atoms with Gasteiger partial charge in [-0.25, -0.2) is 41.5 Å². The summed E-state index contributed by atoms with van der Waals surface area (Å²) in [6, 6.07) is 1.70. The van der Waals surface area contributed by atoms with Gasteiger partial charge in [0, 0.05) is 18.0 Å². The second-order valence-corrected chi connectivity index (χ2v) is 10.0. The molecule has 3 aromatic rings. The number of nitrogens with one attached hydrogen (secondary N) is 1. The maximum atomic E-state index is 13.7. The van der Waals surface area contributed by atoms with Crippen LogP contribution in [0.1, 0.15) is 24.4 Å². The Hall–Kier alpha value is -3.66. The van der Waals surface area contributed by atoms with Crippen molar-refractivity contribution in [3.63, 3.8) is 0 Å². The molecule has 1 fully saturated rings. The molecule has 1 N–H and O–H groups in total. The van der Waals surface area contributed by atoms with Crippen molar-refractivity contribution in [1.82, 2.24) is 29.6 Å². The van der Waals surface area contributed by atoms with E-state index in [2.05, 4.69) is 25.3 Å². The number of amides is 1. The normalized spacial score (nSPS) is 18.6. The van der Waals surface area contributed by atoms with Crippen LogP contribution < -0.4 is 5.32 Å². The summed E-state index contributed by atoms with van der Waals surface area (Å²) in [5.41, 5.74) is 0.483. The summed E-state index contributed by atoms with van der Waals surface area (Å²) in [7, 11) is -4.58. The Morgan fingerprint density at radius 3 is 2.32 bits per heavy atom. The molecule has 4 rings (SSSR count). The summed E-state index contributed by atoms with van der Waals surface area (Å²) in [6.45, 7) is -0.268. The van der Waals surface area contributed by atoms with Crippen molar-refractivity contribution in [2.75, 3.05) is 0 Å². The predicted molar refractivity (Wildman–Crippen MR) is 118 cm³/mol. The fraction of sp³-hybridized carbons (Fsp3) is 0.318.